The van der Waals surface area contributed by atoms with Gasteiger partial charge in [0, 0.05) is 6.04 Å². The van der Waals surface area contributed by atoms with Crippen molar-refractivity contribution >= 4 is 0 Å². The van der Waals surface area contributed by atoms with E-state index in [1.54, 1.807) is 0 Å². The van der Waals surface area contributed by atoms with Crippen LogP contribution in [0.4, 0.5) is 0 Å². The number of benzene rings is 1. The molecule has 1 aromatic rings. The highest BCUT2D eigenvalue weighted by atomic mass is 14.6. The summed E-state index contributed by atoms with van der Waals surface area (Å²) in [6.07, 6.45) is 6.31. The van der Waals surface area contributed by atoms with Crippen molar-refractivity contribution in [2.24, 2.45) is 5.73 Å². The maximum absolute atomic E-state index is 6.25. The molecule has 1 atom stereocenters. The zero-order valence-corrected chi connectivity index (χ0v) is 10.9. The molecule has 90 valence electrons. The number of hydrogen-bond acceptors (Lipinski definition) is 1. The quantitative estimate of drug-likeness (QED) is 0.710. The summed E-state index contributed by atoms with van der Waals surface area (Å²) in [5.74, 6) is 0. The molecule has 0 saturated carbocycles. The van der Waals surface area contributed by atoms with Gasteiger partial charge in [0.1, 0.15) is 0 Å². The molecule has 1 heteroatoms. The second-order valence-corrected chi connectivity index (χ2v) is 4.74. The zero-order valence-electron chi connectivity index (χ0n) is 10.9. The molecule has 16 heavy (non-hydrogen) atoms. The molecule has 2 N–H and O–H groups in total. The van der Waals surface area contributed by atoms with E-state index in [-0.39, 0.29) is 6.04 Å². The van der Waals surface area contributed by atoms with Gasteiger partial charge < -0.3 is 5.73 Å². The Kier molecular flexibility index (Phi) is 5.54. The van der Waals surface area contributed by atoms with Crippen molar-refractivity contribution in [3.05, 3.63) is 34.9 Å². The first-order valence-electron chi connectivity index (χ1n) is 6.48. The summed E-state index contributed by atoms with van der Waals surface area (Å²) in [5, 5.41) is 0. The maximum atomic E-state index is 6.25. The predicted molar refractivity (Wildman–Crippen MR) is 71.6 cm³/mol. The average molecular weight is 219 g/mol. The van der Waals surface area contributed by atoms with Gasteiger partial charge >= 0.3 is 0 Å². The maximum Gasteiger partial charge on any atom is 0.0297 e. The van der Waals surface area contributed by atoms with Gasteiger partial charge in [0.15, 0.2) is 0 Å². The van der Waals surface area contributed by atoms with Gasteiger partial charge in [-0.05, 0) is 37.0 Å². The minimum atomic E-state index is 0.219. The summed E-state index contributed by atoms with van der Waals surface area (Å²) in [7, 11) is 0. The Hall–Kier alpha value is -0.820. The third-order valence-electron chi connectivity index (χ3n) is 3.41. The molecule has 0 aliphatic heterocycles. The van der Waals surface area contributed by atoms with Crippen LogP contribution in [0.25, 0.3) is 0 Å². The van der Waals surface area contributed by atoms with E-state index in [2.05, 4.69) is 39.0 Å². The topological polar surface area (TPSA) is 26.0 Å². The molecule has 0 saturated heterocycles. The molecule has 0 radical (unpaired) electrons. The van der Waals surface area contributed by atoms with Gasteiger partial charge in [0.05, 0.1) is 0 Å². The molecule has 0 amide bonds. The molecule has 1 rings (SSSR count). The van der Waals surface area contributed by atoms with Crippen LogP contribution in [0.3, 0.4) is 0 Å². The molecule has 1 aromatic carbocycles. The zero-order chi connectivity index (χ0) is 12.0. The molecule has 1 unspecified atom stereocenters. The van der Waals surface area contributed by atoms with Gasteiger partial charge in [-0.3, -0.25) is 0 Å². The summed E-state index contributed by atoms with van der Waals surface area (Å²) in [6, 6.07) is 6.66. The largest absolute Gasteiger partial charge is 0.324 e. The first-order chi connectivity index (χ1) is 7.66. The van der Waals surface area contributed by atoms with Crippen molar-refractivity contribution in [3.63, 3.8) is 0 Å². The average Bonchev–Trinajstić information content (AvgIpc) is 2.28. The molecule has 0 heterocycles. The van der Waals surface area contributed by atoms with Crippen LogP contribution in [0.2, 0.25) is 0 Å². The van der Waals surface area contributed by atoms with E-state index in [4.69, 9.17) is 5.73 Å². The Morgan fingerprint density at radius 1 is 1.12 bits per heavy atom. The predicted octanol–water partition coefficient (Wildman–Crippen LogP) is 4.27. The number of hydrogen-bond donors (Lipinski definition) is 1. The Labute approximate surface area is 100 Å². The highest BCUT2D eigenvalue weighted by Gasteiger charge is 2.09. The SMILES string of the molecule is CCCCCCC(N)c1cccc(C)c1C. The smallest absolute Gasteiger partial charge is 0.0297 e. The summed E-state index contributed by atoms with van der Waals surface area (Å²) >= 11 is 0. The third-order valence-corrected chi connectivity index (χ3v) is 3.41. The van der Waals surface area contributed by atoms with E-state index in [9.17, 15) is 0 Å². The van der Waals surface area contributed by atoms with Gasteiger partial charge in [-0.25, -0.2) is 0 Å². The molecule has 0 aromatic heterocycles. The van der Waals surface area contributed by atoms with Crippen LogP contribution in [0.1, 0.15) is 61.8 Å². The fourth-order valence-corrected chi connectivity index (χ4v) is 2.12. The van der Waals surface area contributed by atoms with Crippen LogP contribution in [-0.2, 0) is 0 Å². The fourth-order valence-electron chi connectivity index (χ4n) is 2.12. The highest BCUT2D eigenvalue weighted by molar-refractivity contribution is 5.35. The molecular formula is C15H25N. The van der Waals surface area contributed by atoms with Crippen molar-refractivity contribution in [2.75, 3.05) is 0 Å². The van der Waals surface area contributed by atoms with Gasteiger partial charge in [0.25, 0.3) is 0 Å². The van der Waals surface area contributed by atoms with E-state index >= 15 is 0 Å². The first-order valence-corrected chi connectivity index (χ1v) is 6.48. The molecular weight excluding hydrogens is 194 g/mol. The Morgan fingerprint density at radius 2 is 1.88 bits per heavy atom. The molecule has 0 bridgehead atoms. The number of unbranched alkanes of at least 4 members (excludes halogenated alkanes) is 3. The number of aryl methyl sites for hydroxylation is 1. The van der Waals surface area contributed by atoms with Crippen molar-refractivity contribution < 1.29 is 0 Å². The van der Waals surface area contributed by atoms with Crippen LogP contribution in [0.15, 0.2) is 18.2 Å². The van der Waals surface area contributed by atoms with E-state index in [1.165, 1.54) is 42.4 Å². The van der Waals surface area contributed by atoms with Crippen molar-refractivity contribution in [1.82, 2.24) is 0 Å². The van der Waals surface area contributed by atoms with Crippen molar-refractivity contribution in [2.45, 2.75) is 58.9 Å². The van der Waals surface area contributed by atoms with E-state index in [0.29, 0.717) is 0 Å². The Balaban J connectivity index is 2.52. The first kappa shape index (κ1) is 13.2. The minimum absolute atomic E-state index is 0.219. The van der Waals surface area contributed by atoms with Crippen LogP contribution in [-0.4, -0.2) is 0 Å². The van der Waals surface area contributed by atoms with Crippen LogP contribution in [0.5, 0.6) is 0 Å². The number of nitrogens with two attached hydrogens (primary N) is 1. The molecule has 0 spiro atoms. The van der Waals surface area contributed by atoms with E-state index < -0.39 is 0 Å². The highest BCUT2D eigenvalue weighted by Crippen LogP contribution is 2.22. The van der Waals surface area contributed by atoms with Crippen LogP contribution >= 0.6 is 0 Å². The lowest BCUT2D eigenvalue weighted by atomic mass is 9.94. The summed E-state index contributed by atoms with van der Waals surface area (Å²) in [5.41, 5.74) is 10.3. The van der Waals surface area contributed by atoms with E-state index in [1.807, 2.05) is 0 Å². The Bertz CT molecular complexity index is 317. The third kappa shape index (κ3) is 3.64. The second-order valence-electron chi connectivity index (χ2n) is 4.74. The number of rotatable bonds is 6. The second kappa shape index (κ2) is 6.70. The molecule has 0 aliphatic rings. The van der Waals surface area contributed by atoms with Gasteiger partial charge in [-0.2, -0.15) is 0 Å². The summed E-state index contributed by atoms with van der Waals surface area (Å²) in [4.78, 5) is 0. The molecule has 1 nitrogen and oxygen atoms in total. The monoisotopic (exact) mass is 219 g/mol. The molecule has 0 aliphatic carbocycles. The van der Waals surface area contributed by atoms with Gasteiger partial charge in [-0.1, -0.05) is 50.8 Å². The van der Waals surface area contributed by atoms with Crippen molar-refractivity contribution in [1.29, 1.82) is 0 Å². The van der Waals surface area contributed by atoms with Crippen LogP contribution < -0.4 is 5.73 Å². The standard InChI is InChI=1S/C15H25N/c1-4-5-6-7-11-15(16)14-10-8-9-12(2)13(14)3/h8-10,15H,4-7,11,16H2,1-3H3. The van der Waals surface area contributed by atoms with Crippen molar-refractivity contribution in [3.8, 4) is 0 Å². The van der Waals surface area contributed by atoms with Crippen LogP contribution in [0, 0.1) is 13.8 Å². The summed E-state index contributed by atoms with van der Waals surface area (Å²) < 4.78 is 0. The Morgan fingerprint density at radius 3 is 2.56 bits per heavy atom. The summed E-state index contributed by atoms with van der Waals surface area (Å²) in [6.45, 7) is 6.57. The normalized spacial score (nSPS) is 12.8. The van der Waals surface area contributed by atoms with E-state index in [0.717, 1.165) is 6.42 Å². The lowest BCUT2D eigenvalue weighted by Gasteiger charge is -2.16. The molecule has 0 fully saturated rings. The lowest BCUT2D eigenvalue weighted by molar-refractivity contribution is 0.564. The lowest BCUT2D eigenvalue weighted by Crippen LogP contribution is -2.12. The minimum Gasteiger partial charge on any atom is -0.324 e. The fraction of sp³-hybridized carbons (Fsp3) is 0.600. The van der Waals surface area contributed by atoms with Gasteiger partial charge in [-0.15, -0.1) is 0 Å². The van der Waals surface area contributed by atoms with Gasteiger partial charge in [0.2, 0.25) is 0 Å².